The maximum atomic E-state index is 12.2. The average molecular weight is 343 g/mol. The van der Waals surface area contributed by atoms with E-state index in [0.717, 1.165) is 5.56 Å². The van der Waals surface area contributed by atoms with E-state index < -0.39 is 23.1 Å². The standard InChI is InChI=1S/C15H21NO4S2/c1-14(2,3)19-12(17)15(16,13(18)20-21)10-22-9-11-7-5-4-6-8-11/h4-8,21H,9-10,16H2,1-3H3. The van der Waals surface area contributed by atoms with Gasteiger partial charge in [-0.15, -0.1) is 0 Å². The Morgan fingerprint density at radius 3 is 2.27 bits per heavy atom. The molecular formula is C15H21NO4S2. The molecule has 1 unspecified atom stereocenters. The minimum absolute atomic E-state index is 0.0379. The van der Waals surface area contributed by atoms with Gasteiger partial charge in [0.1, 0.15) is 5.60 Å². The predicted molar refractivity (Wildman–Crippen MR) is 90.4 cm³/mol. The van der Waals surface area contributed by atoms with Gasteiger partial charge >= 0.3 is 11.9 Å². The van der Waals surface area contributed by atoms with E-state index in [4.69, 9.17) is 10.5 Å². The van der Waals surface area contributed by atoms with Crippen LogP contribution in [0.15, 0.2) is 30.3 Å². The summed E-state index contributed by atoms with van der Waals surface area (Å²) in [5.41, 5.74) is 4.39. The topological polar surface area (TPSA) is 78.6 Å². The van der Waals surface area contributed by atoms with Gasteiger partial charge < -0.3 is 14.7 Å². The number of esters is 1. The zero-order chi connectivity index (χ0) is 16.8. The monoisotopic (exact) mass is 343 g/mol. The summed E-state index contributed by atoms with van der Waals surface area (Å²) in [7, 11) is 0. The summed E-state index contributed by atoms with van der Waals surface area (Å²) >= 11 is 4.81. The number of hydrogen-bond donors (Lipinski definition) is 2. The number of hydrogen-bond acceptors (Lipinski definition) is 7. The van der Waals surface area contributed by atoms with Crippen molar-refractivity contribution in [2.24, 2.45) is 5.73 Å². The predicted octanol–water partition coefficient (Wildman–Crippen LogP) is 2.35. The van der Waals surface area contributed by atoms with Crippen molar-refractivity contribution in [3.63, 3.8) is 0 Å². The Hall–Kier alpha value is -1.18. The molecule has 0 amide bonds. The van der Waals surface area contributed by atoms with Gasteiger partial charge in [-0.05, 0) is 26.3 Å². The summed E-state index contributed by atoms with van der Waals surface area (Å²) in [5.74, 6) is -1.09. The van der Waals surface area contributed by atoms with Crippen molar-refractivity contribution < 1.29 is 18.5 Å². The Bertz CT molecular complexity index is 516. The summed E-state index contributed by atoms with van der Waals surface area (Å²) in [5, 5.41) is 0. The first-order valence-electron chi connectivity index (χ1n) is 6.69. The Morgan fingerprint density at radius 1 is 1.18 bits per heavy atom. The summed E-state index contributed by atoms with van der Waals surface area (Å²) in [6.45, 7) is 5.11. The molecule has 0 fully saturated rings. The number of carbonyl (C=O) groups is 2. The van der Waals surface area contributed by atoms with E-state index >= 15 is 0 Å². The zero-order valence-corrected chi connectivity index (χ0v) is 14.6. The zero-order valence-electron chi connectivity index (χ0n) is 12.9. The molecule has 1 aromatic carbocycles. The van der Waals surface area contributed by atoms with Crippen molar-refractivity contribution in [1.82, 2.24) is 0 Å². The van der Waals surface area contributed by atoms with Crippen molar-refractivity contribution >= 4 is 36.6 Å². The molecule has 0 saturated carbocycles. The minimum atomic E-state index is -1.88. The number of rotatable bonds is 6. The molecule has 0 aliphatic carbocycles. The van der Waals surface area contributed by atoms with Crippen LogP contribution in [0.5, 0.6) is 0 Å². The van der Waals surface area contributed by atoms with E-state index in [2.05, 4.69) is 17.1 Å². The first-order valence-corrected chi connectivity index (χ1v) is 8.21. The fourth-order valence-corrected chi connectivity index (χ4v) is 2.81. The Balaban J connectivity index is 2.75. The van der Waals surface area contributed by atoms with Gasteiger partial charge in [-0.3, -0.25) is 0 Å². The lowest BCUT2D eigenvalue weighted by molar-refractivity contribution is -0.166. The van der Waals surface area contributed by atoms with Crippen molar-refractivity contribution in [3.8, 4) is 0 Å². The van der Waals surface area contributed by atoms with Crippen LogP contribution in [0.1, 0.15) is 26.3 Å². The van der Waals surface area contributed by atoms with Crippen molar-refractivity contribution in [2.75, 3.05) is 5.75 Å². The van der Waals surface area contributed by atoms with Crippen molar-refractivity contribution in [2.45, 2.75) is 37.7 Å². The van der Waals surface area contributed by atoms with Gasteiger partial charge in [0.15, 0.2) is 0 Å². The van der Waals surface area contributed by atoms with E-state index in [0.29, 0.717) is 5.75 Å². The summed E-state index contributed by atoms with van der Waals surface area (Å²) < 4.78 is 9.59. The van der Waals surface area contributed by atoms with Gasteiger partial charge in [-0.2, -0.15) is 11.8 Å². The normalized spacial score (nSPS) is 14.0. The molecular weight excluding hydrogens is 322 g/mol. The van der Waals surface area contributed by atoms with Gasteiger partial charge in [-0.25, -0.2) is 9.59 Å². The third-order valence-electron chi connectivity index (χ3n) is 2.65. The fourth-order valence-electron chi connectivity index (χ4n) is 1.56. The number of carbonyl (C=O) groups excluding carboxylic acids is 2. The highest BCUT2D eigenvalue weighted by Crippen LogP contribution is 2.22. The molecule has 5 nitrogen and oxygen atoms in total. The van der Waals surface area contributed by atoms with Crippen LogP contribution in [0, 0.1) is 0 Å². The smallest absolute Gasteiger partial charge is 0.350 e. The van der Waals surface area contributed by atoms with Crippen LogP contribution in [0.25, 0.3) is 0 Å². The molecule has 0 aliphatic rings. The third-order valence-corrected chi connectivity index (χ3v) is 4.01. The highest BCUT2D eigenvalue weighted by Gasteiger charge is 2.46. The highest BCUT2D eigenvalue weighted by molar-refractivity contribution is 7.98. The third kappa shape index (κ3) is 5.55. The first-order chi connectivity index (χ1) is 10.2. The van der Waals surface area contributed by atoms with Gasteiger partial charge in [0, 0.05) is 24.4 Å². The molecule has 0 radical (unpaired) electrons. The van der Waals surface area contributed by atoms with Crippen LogP contribution in [0.4, 0.5) is 0 Å². The summed E-state index contributed by atoms with van der Waals surface area (Å²) in [4.78, 5) is 24.1. The highest BCUT2D eigenvalue weighted by atomic mass is 32.2. The molecule has 2 N–H and O–H groups in total. The molecule has 22 heavy (non-hydrogen) atoms. The number of nitrogens with two attached hydrogens (primary N) is 1. The van der Waals surface area contributed by atoms with E-state index in [-0.39, 0.29) is 5.75 Å². The number of ether oxygens (including phenoxy) is 1. The Morgan fingerprint density at radius 2 is 1.77 bits per heavy atom. The molecule has 0 aromatic heterocycles. The maximum absolute atomic E-state index is 12.2. The molecule has 7 heteroatoms. The van der Waals surface area contributed by atoms with E-state index in [1.807, 2.05) is 30.3 Å². The lowest BCUT2D eigenvalue weighted by Crippen LogP contribution is -2.59. The SMILES string of the molecule is CC(C)(C)OC(=O)C(N)(CSCc1ccccc1)C(=O)OS. The largest absolute Gasteiger partial charge is 0.458 e. The van der Waals surface area contributed by atoms with Gasteiger partial charge in [-0.1, -0.05) is 30.3 Å². The molecule has 1 aromatic rings. The van der Waals surface area contributed by atoms with Crippen molar-refractivity contribution in [1.29, 1.82) is 0 Å². The van der Waals surface area contributed by atoms with E-state index in [1.54, 1.807) is 20.8 Å². The average Bonchev–Trinajstić information content (AvgIpc) is 2.45. The second kappa shape index (κ2) is 7.89. The molecule has 0 saturated heterocycles. The lowest BCUT2D eigenvalue weighted by Gasteiger charge is -2.28. The quantitative estimate of drug-likeness (QED) is 0.357. The lowest BCUT2D eigenvalue weighted by atomic mass is 10.0. The van der Waals surface area contributed by atoms with Gasteiger partial charge in [0.2, 0.25) is 5.54 Å². The van der Waals surface area contributed by atoms with Crippen LogP contribution < -0.4 is 5.73 Å². The Labute approximate surface area is 140 Å². The molecule has 0 bridgehead atoms. The Kier molecular flexibility index (Phi) is 6.77. The van der Waals surface area contributed by atoms with Crippen LogP contribution in [0.2, 0.25) is 0 Å². The summed E-state index contributed by atoms with van der Waals surface area (Å²) in [6, 6.07) is 9.66. The second-order valence-corrected chi connectivity index (χ2v) is 7.00. The van der Waals surface area contributed by atoms with Crippen LogP contribution in [0.3, 0.4) is 0 Å². The van der Waals surface area contributed by atoms with E-state index in [1.165, 1.54) is 11.8 Å². The molecule has 0 spiro atoms. The van der Waals surface area contributed by atoms with Gasteiger partial charge in [0.25, 0.3) is 0 Å². The molecule has 0 aliphatic heterocycles. The van der Waals surface area contributed by atoms with Crippen LogP contribution >= 0.6 is 24.7 Å². The van der Waals surface area contributed by atoms with Crippen LogP contribution in [-0.2, 0) is 24.3 Å². The molecule has 1 rings (SSSR count). The van der Waals surface area contributed by atoms with Gasteiger partial charge in [0.05, 0.1) is 0 Å². The van der Waals surface area contributed by atoms with Crippen LogP contribution in [-0.4, -0.2) is 28.8 Å². The molecule has 0 heterocycles. The van der Waals surface area contributed by atoms with Crippen molar-refractivity contribution in [3.05, 3.63) is 35.9 Å². The number of thiol groups is 1. The fraction of sp³-hybridized carbons (Fsp3) is 0.467. The summed E-state index contributed by atoms with van der Waals surface area (Å²) in [6.07, 6.45) is 0. The number of benzene rings is 1. The first kappa shape index (κ1) is 18.9. The minimum Gasteiger partial charge on any atom is -0.458 e. The van der Waals surface area contributed by atoms with E-state index in [9.17, 15) is 9.59 Å². The molecule has 122 valence electrons. The maximum Gasteiger partial charge on any atom is 0.350 e. The molecule has 1 atom stereocenters. The second-order valence-electron chi connectivity index (χ2n) is 5.83. The number of thioether (sulfide) groups is 1.